The molecule has 1 aliphatic carbocycles. The van der Waals surface area contributed by atoms with Crippen LogP contribution in [-0.4, -0.2) is 61.3 Å². The van der Waals surface area contributed by atoms with Gasteiger partial charge < -0.3 is 14.2 Å². The van der Waals surface area contributed by atoms with Gasteiger partial charge in [-0.1, -0.05) is 49.6 Å². The van der Waals surface area contributed by atoms with Crippen molar-refractivity contribution in [2.45, 2.75) is 70.1 Å². The predicted octanol–water partition coefficient (Wildman–Crippen LogP) is 4.86. The fourth-order valence-corrected chi connectivity index (χ4v) is 7.41. The second kappa shape index (κ2) is 11.2. The number of benzene rings is 2. The van der Waals surface area contributed by atoms with E-state index in [2.05, 4.69) is 27.5 Å². The third-order valence-electron chi connectivity index (χ3n) is 9.05. The van der Waals surface area contributed by atoms with Gasteiger partial charge >= 0.3 is 0 Å². The molecule has 2 fully saturated rings. The zero-order valence-electron chi connectivity index (χ0n) is 23.9. The normalized spacial score (nSPS) is 20.0. The number of rotatable bonds is 5. The largest absolute Gasteiger partial charge is 0.378 e. The van der Waals surface area contributed by atoms with E-state index in [0.717, 1.165) is 35.0 Å². The lowest BCUT2D eigenvalue weighted by Gasteiger charge is -2.30. The third-order valence-corrected chi connectivity index (χ3v) is 10.8. The van der Waals surface area contributed by atoms with Crippen molar-refractivity contribution in [2.75, 3.05) is 26.3 Å². The summed E-state index contributed by atoms with van der Waals surface area (Å²) in [6, 6.07) is 14.0. The SMILES string of the molecule is CC(C)S(=O)(=O)NC(=O)c1ccc2c(C3CCCCC3)c3n(c2c1)CC(C(=O)N1CCOCC1)Cc1ccccc1-3. The molecule has 6 rings (SSSR count). The molecule has 2 aliphatic heterocycles. The molecule has 1 N–H and O–H groups in total. The van der Waals surface area contributed by atoms with Crippen molar-refractivity contribution >= 4 is 32.7 Å². The maximum absolute atomic E-state index is 13.9. The van der Waals surface area contributed by atoms with Gasteiger partial charge in [0.25, 0.3) is 5.91 Å². The number of fused-ring (bicyclic) bond motifs is 5. The number of ether oxygens (including phenoxy) is 1. The molecule has 1 unspecified atom stereocenters. The fourth-order valence-electron chi connectivity index (χ4n) is 6.80. The lowest BCUT2D eigenvalue weighted by molar-refractivity contribution is -0.140. The number of amides is 2. The second-order valence-corrected chi connectivity index (χ2v) is 14.2. The molecule has 41 heavy (non-hydrogen) atoms. The number of aromatic nitrogens is 1. The molecule has 1 saturated heterocycles. The summed E-state index contributed by atoms with van der Waals surface area (Å²) in [4.78, 5) is 29.0. The molecule has 3 heterocycles. The average molecular weight is 578 g/mol. The zero-order valence-corrected chi connectivity index (χ0v) is 24.7. The van der Waals surface area contributed by atoms with Gasteiger partial charge in [0.1, 0.15) is 0 Å². The Bertz CT molecular complexity index is 1580. The van der Waals surface area contributed by atoms with Gasteiger partial charge in [-0.25, -0.2) is 13.1 Å². The van der Waals surface area contributed by atoms with E-state index in [4.69, 9.17) is 4.74 Å². The molecule has 1 saturated carbocycles. The van der Waals surface area contributed by atoms with Crippen molar-refractivity contribution in [3.63, 3.8) is 0 Å². The average Bonchev–Trinajstić information content (AvgIpc) is 3.19. The van der Waals surface area contributed by atoms with E-state index in [1.165, 1.54) is 30.4 Å². The third kappa shape index (κ3) is 5.30. The summed E-state index contributed by atoms with van der Waals surface area (Å²) in [5.74, 6) is -0.369. The number of sulfonamides is 1. The Morgan fingerprint density at radius 2 is 1.73 bits per heavy atom. The molecule has 218 valence electrons. The van der Waals surface area contributed by atoms with Crippen LogP contribution < -0.4 is 4.72 Å². The number of hydrogen-bond donors (Lipinski definition) is 1. The van der Waals surface area contributed by atoms with Crippen molar-refractivity contribution in [1.82, 2.24) is 14.2 Å². The van der Waals surface area contributed by atoms with Crippen LogP contribution in [0, 0.1) is 5.92 Å². The Hall–Kier alpha value is -3.17. The predicted molar refractivity (Wildman–Crippen MR) is 159 cm³/mol. The van der Waals surface area contributed by atoms with Gasteiger partial charge in [-0.15, -0.1) is 0 Å². The van der Waals surface area contributed by atoms with Gasteiger partial charge in [0.05, 0.1) is 30.1 Å². The maximum atomic E-state index is 13.9. The molecule has 0 spiro atoms. The molecule has 9 heteroatoms. The summed E-state index contributed by atoms with van der Waals surface area (Å²) in [6.45, 7) is 5.89. The molecular formula is C32H39N3O5S. The number of nitrogens with one attached hydrogen (secondary N) is 1. The molecule has 2 aromatic carbocycles. The highest BCUT2D eigenvalue weighted by Gasteiger charge is 2.35. The van der Waals surface area contributed by atoms with Crippen LogP contribution >= 0.6 is 0 Å². The van der Waals surface area contributed by atoms with Crippen LogP contribution in [0.5, 0.6) is 0 Å². The highest BCUT2D eigenvalue weighted by atomic mass is 32.2. The number of hydrogen-bond acceptors (Lipinski definition) is 5. The van der Waals surface area contributed by atoms with Crippen LogP contribution in [0.4, 0.5) is 0 Å². The van der Waals surface area contributed by atoms with E-state index in [-0.39, 0.29) is 11.8 Å². The van der Waals surface area contributed by atoms with Crippen LogP contribution in [0.3, 0.4) is 0 Å². The second-order valence-electron chi connectivity index (χ2n) is 12.0. The minimum absolute atomic E-state index is 0.133. The van der Waals surface area contributed by atoms with E-state index in [0.29, 0.717) is 50.8 Å². The highest BCUT2D eigenvalue weighted by molar-refractivity contribution is 7.90. The van der Waals surface area contributed by atoms with Gasteiger partial charge in [0.2, 0.25) is 15.9 Å². The molecule has 1 atom stereocenters. The standard InChI is InChI=1S/C32H39N3O5S/c1-21(2)41(38,39)33-31(36)24-12-13-27-28(19-24)35-20-25(32(37)34-14-16-40-17-15-34)18-23-10-6-7-11-26(23)30(35)29(27)22-8-4-3-5-9-22/h6-7,10-13,19,21-22,25H,3-5,8-9,14-18,20H2,1-2H3,(H,33,36). The fraction of sp³-hybridized carbons (Fsp3) is 0.500. The smallest absolute Gasteiger partial charge is 0.264 e. The molecule has 0 bridgehead atoms. The van der Waals surface area contributed by atoms with Crippen molar-refractivity contribution in [1.29, 1.82) is 0 Å². The van der Waals surface area contributed by atoms with Gasteiger partial charge in [-0.2, -0.15) is 0 Å². The lowest BCUT2D eigenvalue weighted by Crippen LogP contribution is -2.45. The number of carbonyl (C=O) groups is 2. The topological polar surface area (TPSA) is 97.7 Å². The van der Waals surface area contributed by atoms with Crippen LogP contribution in [-0.2, 0) is 32.5 Å². The van der Waals surface area contributed by atoms with Crippen LogP contribution in [0.2, 0.25) is 0 Å². The first-order chi connectivity index (χ1) is 19.7. The molecule has 3 aliphatic rings. The summed E-state index contributed by atoms with van der Waals surface area (Å²) in [5, 5.41) is 0.366. The monoisotopic (exact) mass is 577 g/mol. The molecular weight excluding hydrogens is 538 g/mol. The molecule has 1 aromatic heterocycles. The first kappa shape index (κ1) is 28.0. The van der Waals surface area contributed by atoms with E-state index < -0.39 is 21.2 Å². The summed E-state index contributed by atoms with van der Waals surface area (Å²) in [7, 11) is -3.77. The first-order valence-electron chi connectivity index (χ1n) is 14.9. The van der Waals surface area contributed by atoms with E-state index in [9.17, 15) is 18.0 Å². The van der Waals surface area contributed by atoms with Crippen molar-refractivity contribution in [3.05, 3.63) is 59.2 Å². The first-order valence-corrected chi connectivity index (χ1v) is 16.5. The van der Waals surface area contributed by atoms with Crippen molar-refractivity contribution in [2.24, 2.45) is 5.92 Å². The lowest BCUT2D eigenvalue weighted by atomic mass is 9.81. The highest BCUT2D eigenvalue weighted by Crippen LogP contribution is 2.46. The summed E-state index contributed by atoms with van der Waals surface area (Å²) < 4.78 is 35.0. The Kier molecular flexibility index (Phi) is 7.68. The minimum Gasteiger partial charge on any atom is -0.378 e. The van der Waals surface area contributed by atoms with Crippen molar-refractivity contribution < 1.29 is 22.7 Å². The van der Waals surface area contributed by atoms with Crippen LogP contribution in [0.15, 0.2) is 42.5 Å². The van der Waals surface area contributed by atoms with E-state index >= 15 is 0 Å². The Morgan fingerprint density at radius 3 is 2.46 bits per heavy atom. The van der Waals surface area contributed by atoms with Gasteiger partial charge in [0, 0.05) is 41.7 Å². The number of carbonyl (C=O) groups excluding carboxylic acids is 2. The number of nitrogens with zero attached hydrogens (tertiary/aromatic N) is 2. The number of morpholine rings is 1. The van der Waals surface area contributed by atoms with Gasteiger partial charge in [0.15, 0.2) is 0 Å². The van der Waals surface area contributed by atoms with Gasteiger partial charge in [-0.3, -0.25) is 9.59 Å². The van der Waals surface area contributed by atoms with Gasteiger partial charge in [-0.05, 0) is 62.3 Å². The molecule has 8 nitrogen and oxygen atoms in total. The van der Waals surface area contributed by atoms with Crippen LogP contribution in [0.1, 0.15) is 73.4 Å². The Labute approximate surface area is 242 Å². The zero-order chi connectivity index (χ0) is 28.7. The molecule has 3 aromatic rings. The minimum atomic E-state index is -3.77. The summed E-state index contributed by atoms with van der Waals surface area (Å²) >= 11 is 0. The van der Waals surface area contributed by atoms with E-state index in [1.54, 1.807) is 19.9 Å². The summed E-state index contributed by atoms with van der Waals surface area (Å²) in [5.41, 5.74) is 5.94. The molecule has 2 amide bonds. The van der Waals surface area contributed by atoms with E-state index in [1.807, 2.05) is 23.1 Å². The van der Waals surface area contributed by atoms with Crippen molar-refractivity contribution in [3.8, 4) is 11.3 Å². The Balaban J connectivity index is 1.52. The summed E-state index contributed by atoms with van der Waals surface area (Å²) in [6.07, 6.45) is 6.48. The Morgan fingerprint density at radius 1 is 1.00 bits per heavy atom. The quantitative estimate of drug-likeness (QED) is 0.467. The maximum Gasteiger partial charge on any atom is 0.264 e. The molecule has 0 radical (unpaired) electrons. The van der Waals surface area contributed by atoms with Crippen LogP contribution in [0.25, 0.3) is 22.2 Å².